The molecule has 2 aromatic heterocycles. The average Bonchev–Trinajstić information content (AvgIpc) is 3.93. The first kappa shape index (κ1) is 34.6. The lowest BCUT2D eigenvalue weighted by Gasteiger charge is -2.27. The SMILES string of the molecule is CCOC(=O)N1C=CC(C2CCN(C(N)=NC[C@@H](C)c3c(-c4cc(C)cc(C)c4)[nH]c4sc(C(C)(C)C(=O)C5C6CCC5NC6)cc34)C2)=CC1. The van der Waals surface area contributed by atoms with E-state index < -0.39 is 5.41 Å². The van der Waals surface area contributed by atoms with Crippen molar-refractivity contribution >= 4 is 39.4 Å². The van der Waals surface area contributed by atoms with Crippen molar-refractivity contribution in [1.82, 2.24) is 20.1 Å². The Bertz CT molecular complexity index is 1840. The highest BCUT2D eigenvalue weighted by molar-refractivity contribution is 7.19. The van der Waals surface area contributed by atoms with Crippen LogP contribution in [0.15, 0.2) is 53.2 Å². The van der Waals surface area contributed by atoms with Crippen LogP contribution in [0.1, 0.15) is 74.4 Å². The molecule has 1 amide bonds. The molecular formula is C40H52N6O3S. The van der Waals surface area contributed by atoms with Gasteiger partial charge in [0.1, 0.15) is 10.6 Å². The Labute approximate surface area is 300 Å². The summed E-state index contributed by atoms with van der Waals surface area (Å²) in [7, 11) is 0. The van der Waals surface area contributed by atoms with E-state index in [-0.39, 0.29) is 17.9 Å². The van der Waals surface area contributed by atoms with Crippen molar-refractivity contribution in [3.8, 4) is 11.3 Å². The Balaban J connectivity index is 1.12. The van der Waals surface area contributed by atoms with Gasteiger partial charge in [0.2, 0.25) is 0 Å². The largest absolute Gasteiger partial charge is 0.449 e. The second kappa shape index (κ2) is 13.7. The first-order valence-electron chi connectivity index (χ1n) is 18.3. The van der Waals surface area contributed by atoms with Crippen LogP contribution in [0.25, 0.3) is 21.5 Å². The summed E-state index contributed by atoms with van der Waals surface area (Å²) in [6.45, 7) is 16.6. The number of thiophene rings is 1. The summed E-state index contributed by atoms with van der Waals surface area (Å²) in [5.74, 6) is 1.96. The standard InChI is InChI=1S/C40H52N6O3S/c1-7-49-39(48)45-13-10-26(11-14-45)28-12-15-46(22-28)38(41)43-20-25(4)33-30-19-32(40(5,6)36(47)34-27-8-9-31(34)42-21-27)50-37(30)44-35(33)29-17-23(2)16-24(3)18-29/h10-11,13,16-19,25,27-28,31,34,42,44H,7-9,12,14-15,20-22H2,1-6H3,(H2,41,43)/t25-,27?,28?,31?,34?/m1/s1. The van der Waals surface area contributed by atoms with Crippen LogP contribution < -0.4 is 11.1 Å². The summed E-state index contributed by atoms with van der Waals surface area (Å²) < 4.78 is 5.13. The third-order valence-corrected chi connectivity index (χ3v) is 12.9. The average molecular weight is 697 g/mol. The predicted molar refractivity (Wildman–Crippen MR) is 203 cm³/mol. The lowest BCUT2D eigenvalue weighted by molar-refractivity contribution is -0.128. The molecule has 2 bridgehead atoms. The van der Waals surface area contributed by atoms with Crippen molar-refractivity contribution in [2.24, 2.45) is 28.5 Å². The number of nitrogens with two attached hydrogens (primary N) is 1. The van der Waals surface area contributed by atoms with E-state index >= 15 is 0 Å². The number of ketones is 1. The summed E-state index contributed by atoms with van der Waals surface area (Å²) in [6, 6.07) is 9.31. The first-order valence-corrected chi connectivity index (χ1v) is 19.1. The van der Waals surface area contributed by atoms with E-state index in [9.17, 15) is 9.59 Å². The Morgan fingerprint density at radius 3 is 2.56 bits per heavy atom. The lowest BCUT2D eigenvalue weighted by atomic mass is 9.76. The zero-order valence-corrected chi connectivity index (χ0v) is 31.2. The highest BCUT2D eigenvalue weighted by atomic mass is 32.1. The van der Waals surface area contributed by atoms with Gasteiger partial charge in [-0.25, -0.2) is 4.79 Å². The third-order valence-electron chi connectivity index (χ3n) is 11.5. The Morgan fingerprint density at radius 1 is 1.14 bits per heavy atom. The fraction of sp³-hybridized carbons (Fsp3) is 0.525. The van der Waals surface area contributed by atoms with E-state index in [0.717, 1.165) is 54.3 Å². The number of amides is 1. The van der Waals surface area contributed by atoms with Gasteiger partial charge in [-0.1, -0.05) is 30.2 Å². The van der Waals surface area contributed by atoms with Crippen molar-refractivity contribution < 1.29 is 14.3 Å². The van der Waals surface area contributed by atoms with Gasteiger partial charge in [0.15, 0.2) is 5.96 Å². The molecule has 3 aliphatic heterocycles. The number of ether oxygens (including phenoxy) is 1. The van der Waals surface area contributed by atoms with Crippen molar-refractivity contribution in [3.05, 3.63) is 69.8 Å². The number of Topliss-reactive ketones (excluding diaryl/α,β-unsaturated/α-hetero) is 1. The summed E-state index contributed by atoms with van der Waals surface area (Å²) in [4.78, 5) is 41.0. The number of hydrogen-bond donors (Lipinski definition) is 3. The zero-order chi connectivity index (χ0) is 35.3. The zero-order valence-electron chi connectivity index (χ0n) is 30.3. The molecule has 3 fully saturated rings. The Kier molecular flexibility index (Phi) is 9.45. The lowest BCUT2D eigenvalue weighted by Crippen LogP contribution is -2.39. The molecule has 1 aliphatic carbocycles. The van der Waals surface area contributed by atoms with Crippen LogP contribution in [-0.2, 0) is 14.9 Å². The molecule has 9 nitrogen and oxygen atoms in total. The van der Waals surface area contributed by atoms with E-state index in [2.05, 4.69) is 80.2 Å². The minimum absolute atomic E-state index is 0.0884. The van der Waals surface area contributed by atoms with Gasteiger partial charge in [-0.05, 0) is 107 Å². The van der Waals surface area contributed by atoms with Crippen LogP contribution in [0, 0.1) is 31.6 Å². The number of rotatable bonds is 9. The Hall–Kier alpha value is -3.89. The van der Waals surface area contributed by atoms with Gasteiger partial charge >= 0.3 is 6.09 Å². The van der Waals surface area contributed by atoms with Gasteiger partial charge in [0.25, 0.3) is 0 Å². The Morgan fingerprint density at radius 2 is 1.92 bits per heavy atom. The number of likely N-dealkylation sites (tertiary alicyclic amines) is 1. The number of piperidine rings is 1. The van der Waals surface area contributed by atoms with Crippen LogP contribution in [0.5, 0.6) is 0 Å². The molecule has 2 saturated heterocycles. The molecule has 0 spiro atoms. The molecule has 4 unspecified atom stereocenters. The molecule has 4 aliphatic rings. The molecule has 0 radical (unpaired) electrons. The molecule has 4 N–H and O–H groups in total. The van der Waals surface area contributed by atoms with Gasteiger partial charge in [-0.2, -0.15) is 0 Å². The highest BCUT2D eigenvalue weighted by Crippen LogP contribution is 2.46. The monoisotopic (exact) mass is 696 g/mol. The number of allylic oxidation sites excluding steroid dienone is 1. The summed E-state index contributed by atoms with van der Waals surface area (Å²) in [5.41, 5.74) is 13.3. The second-order valence-corrected chi connectivity index (χ2v) is 16.5. The number of aryl methyl sites for hydroxylation is 2. The number of fused-ring (bicyclic) bond motifs is 3. The quantitative estimate of drug-likeness (QED) is 0.164. The van der Waals surface area contributed by atoms with Gasteiger partial charge < -0.3 is 25.7 Å². The molecule has 10 heteroatoms. The molecule has 1 aromatic carbocycles. The minimum atomic E-state index is -0.558. The number of aliphatic imine (C=N–C) groups is 1. The molecule has 3 aromatic rings. The van der Waals surface area contributed by atoms with Gasteiger partial charge in [0.05, 0.1) is 17.7 Å². The fourth-order valence-electron chi connectivity index (χ4n) is 8.76. The van der Waals surface area contributed by atoms with Crippen LogP contribution in [0.3, 0.4) is 0 Å². The number of carbonyl (C=O) groups is 2. The smallest absolute Gasteiger partial charge is 0.414 e. The maximum absolute atomic E-state index is 14.1. The highest BCUT2D eigenvalue weighted by Gasteiger charge is 2.50. The molecule has 266 valence electrons. The first-order chi connectivity index (χ1) is 23.9. The number of hydrogen-bond acceptors (Lipinski definition) is 6. The van der Waals surface area contributed by atoms with Crippen LogP contribution in [-0.4, -0.2) is 78.0 Å². The molecule has 5 atom stereocenters. The number of aromatic nitrogens is 1. The number of aromatic amines is 1. The summed E-state index contributed by atoms with van der Waals surface area (Å²) >= 11 is 1.73. The van der Waals surface area contributed by atoms with Gasteiger partial charge in [-0.15, -0.1) is 11.3 Å². The van der Waals surface area contributed by atoms with E-state index in [0.29, 0.717) is 49.3 Å². The second-order valence-electron chi connectivity index (χ2n) is 15.4. The minimum Gasteiger partial charge on any atom is -0.449 e. The number of nitrogens with zero attached hydrogens (tertiary/aromatic N) is 3. The van der Waals surface area contributed by atoms with Crippen molar-refractivity contribution in [1.29, 1.82) is 0 Å². The maximum atomic E-state index is 14.1. The summed E-state index contributed by atoms with van der Waals surface area (Å²) in [6.07, 6.45) is 8.89. The maximum Gasteiger partial charge on any atom is 0.414 e. The van der Waals surface area contributed by atoms with Gasteiger partial charge in [0, 0.05) is 66.4 Å². The molecule has 5 heterocycles. The molecular weight excluding hydrogens is 645 g/mol. The van der Waals surface area contributed by atoms with Crippen molar-refractivity contribution in [2.45, 2.75) is 78.2 Å². The van der Waals surface area contributed by atoms with E-state index in [1.165, 1.54) is 33.2 Å². The summed E-state index contributed by atoms with van der Waals surface area (Å²) in [5, 5.41) is 4.77. The van der Waals surface area contributed by atoms with Crippen molar-refractivity contribution in [2.75, 3.05) is 39.3 Å². The number of carbonyl (C=O) groups excluding carboxylic acids is 2. The van der Waals surface area contributed by atoms with Crippen LogP contribution >= 0.6 is 11.3 Å². The predicted octanol–water partition coefficient (Wildman–Crippen LogP) is 7.01. The van der Waals surface area contributed by atoms with E-state index in [1.807, 2.05) is 19.2 Å². The topological polar surface area (TPSA) is 116 Å². The fourth-order valence-corrected chi connectivity index (χ4v) is 9.94. The normalized spacial score (nSPS) is 24.4. The van der Waals surface area contributed by atoms with Gasteiger partial charge in [-0.3, -0.25) is 14.7 Å². The molecule has 7 rings (SSSR count). The molecule has 50 heavy (non-hydrogen) atoms. The number of nitrogens with one attached hydrogen (secondary N) is 2. The van der Waals surface area contributed by atoms with Crippen molar-refractivity contribution in [3.63, 3.8) is 0 Å². The number of benzene rings is 1. The van der Waals surface area contributed by atoms with Crippen LogP contribution in [0.2, 0.25) is 0 Å². The molecule has 1 saturated carbocycles. The van der Waals surface area contributed by atoms with E-state index in [1.54, 1.807) is 16.2 Å². The number of guanidine groups is 1. The number of H-pyrrole nitrogens is 1. The third kappa shape index (κ3) is 6.41. The van der Waals surface area contributed by atoms with Crippen LogP contribution in [0.4, 0.5) is 4.79 Å². The van der Waals surface area contributed by atoms with E-state index in [4.69, 9.17) is 15.5 Å².